The quantitative estimate of drug-likeness (QED) is 0.809. The van der Waals surface area contributed by atoms with E-state index in [-0.39, 0.29) is 11.8 Å². The van der Waals surface area contributed by atoms with Gasteiger partial charge in [0, 0.05) is 12.8 Å². The van der Waals surface area contributed by atoms with Crippen molar-refractivity contribution in [3.05, 3.63) is 11.8 Å². The smallest absolute Gasteiger partial charge is 0.303 e. The molecule has 0 aliphatic carbocycles. The maximum absolute atomic E-state index is 10.7. The fraction of sp³-hybridized carbons (Fsp3) is 0.769. The predicted octanol–water partition coefficient (Wildman–Crippen LogP) is 2.70. The van der Waals surface area contributed by atoms with Crippen LogP contribution in [0.2, 0.25) is 0 Å². The summed E-state index contributed by atoms with van der Waals surface area (Å²) in [6.07, 6.45) is 2.44. The van der Waals surface area contributed by atoms with Crippen molar-refractivity contribution >= 4 is 5.97 Å². The molecule has 1 aromatic heterocycles. The second-order valence-corrected chi connectivity index (χ2v) is 5.72. The molecule has 5 nitrogen and oxygen atoms in total. The molecule has 1 atom stereocenters. The van der Waals surface area contributed by atoms with Crippen LogP contribution in [-0.4, -0.2) is 21.3 Å². The van der Waals surface area contributed by atoms with Crippen LogP contribution in [0.25, 0.3) is 0 Å². The summed E-state index contributed by atoms with van der Waals surface area (Å²) in [7, 11) is 0. The Morgan fingerprint density at radius 2 is 2.00 bits per heavy atom. The van der Waals surface area contributed by atoms with E-state index in [0.29, 0.717) is 24.1 Å². The predicted molar refractivity (Wildman–Crippen MR) is 67.2 cm³/mol. The van der Waals surface area contributed by atoms with Crippen molar-refractivity contribution in [2.24, 2.45) is 11.3 Å². The average molecular weight is 254 g/mol. The molecule has 0 spiro atoms. The lowest BCUT2D eigenvalue weighted by molar-refractivity contribution is -0.139. The van der Waals surface area contributed by atoms with Crippen LogP contribution in [0.4, 0.5) is 0 Å². The van der Waals surface area contributed by atoms with Crippen LogP contribution in [0.3, 0.4) is 0 Å². The summed E-state index contributed by atoms with van der Waals surface area (Å²) >= 11 is 0. The molecular weight excluding hydrogens is 232 g/mol. The standard InChI is InChI=1S/C13H22N2O3/c1-5-9(2)6-10-14-15-11(18-10)7-13(3,4)8-12(16)17/h9H,5-8H2,1-4H3,(H,16,17). The zero-order valence-electron chi connectivity index (χ0n) is 11.6. The lowest BCUT2D eigenvalue weighted by Crippen LogP contribution is -2.19. The average Bonchev–Trinajstić information content (AvgIpc) is 2.62. The van der Waals surface area contributed by atoms with Gasteiger partial charge < -0.3 is 9.52 Å². The Hall–Kier alpha value is -1.39. The number of hydrogen-bond acceptors (Lipinski definition) is 4. The molecule has 1 heterocycles. The van der Waals surface area contributed by atoms with Crippen molar-refractivity contribution in [1.29, 1.82) is 0 Å². The van der Waals surface area contributed by atoms with E-state index in [9.17, 15) is 4.79 Å². The third-order valence-corrected chi connectivity index (χ3v) is 2.99. The van der Waals surface area contributed by atoms with Crippen LogP contribution in [0.5, 0.6) is 0 Å². The van der Waals surface area contributed by atoms with Crippen molar-refractivity contribution in [2.45, 2.75) is 53.4 Å². The van der Waals surface area contributed by atoms with E-state index in [1.807, 2.05) is 13.8 Å². The molecule has 0 aliphatic heterocycles. The Kier molecular flexibility index (Phi) is 4.87. The number of carbonyl (C=O) groups is 1. The third kappa shape index (κ3) is 4.85. The van der Waals surface area contributed by atoms with E-state index >= 15 is 0 Å². The van der Waals surface area contributed by atoms with Gasteiger partial charge in [-0.15, -0.1) is 10.2 Å². The fourth-order valence-electron chi connectivity index (χ4n) is 1.77. The number of aliphatic carboxylic acids is 1. The molecule has 0 radical (unpaired) electrons. The molecule has 1 aromatic rings. The topological polar surface area (TPSA) is 76.2 Å². The maximum Gasteiger partial charge on any atom is 0.303 e. The molecule has 0 amide bonds. The largest absolute Gasteiger partial charge is 0.481 e. The first-order valence-corrected chi connectivity index (χ1v) is 6.35. The van der Waals surface area contributed by atoms with Gasteiger partial charge >= 0.3 is 5.97 Å². The molecule has 0 fully saturated rings. The van der Waals surface area contributed by atoms with Gasteiger partial charge in [0.05, 0.1) is 6.42 Å². The Bertz CT molecular complexity index is 399. The van der Waals surface area contributed by atoms with Gasteiger partial charge in [0.25, 0.3) is 0 Å². The highest BCUT2D eigenvalue weighted by atomic mass is 16.4. The molecule has 0 aliphatic rings. The number of nitrogens with zero attached hydrogens (tertiary/aromatic N) is 2. The summed E-state index contributed by atoms with van der Waals surface area (Å²) < 4.78 is 5.56. The van der Waals surface area contributed by atoms with E-state index in [1.54, 1.807) is 0 Å². The van der Waals surface area contributed by atoms with Crippen LogP contribution in [-0.2, 0) is 17.6 Å². The number of hydrogen-bond donors (Lipinski definition) is 1. The molecule has 1 unspecified atom stereocenters. The lowest BCUT2D eigenvalue weighted by atomic mass is 9.86. The van der Waals surface area contributed by atoms with Crippen molar-refractivity contribution in [1.82, 2.24) is 10.2 Å². The van der Waals surface area contributed by atoms with Crippen LogP contribution in [0.1, 0.15) is 52.3 Å². The van der Waals surface area contributed by atoms with Gasteiger partial charge in [0.1, 0.15) is 0 Å². The summed E-state index contributed by atoms with van der Waals surface area (Å²) in [5, 5.41) is 16.8. The SMILES string of the molecule is CCC(C)Cc1nnc(CC(C)(C)CC(=O)O)o1. The highest BCUT2D eigenvalue weighted by Gasteiger charge is 2.25. The molecule has 0 bridgehead atoms. The highest BCUT2D eigenvalue weighted by molar-refractivity contribution is 5.67. The van der Waals surface area contributed by atoms with Gasteiger partial charge in [-0.1, -0.05) is 34.1 Å². The summed E-state index contributed by atoms with van der Waals surface area (Å²) in [5.74, 6) is 0.884. The summed E-state index contributed by atoms with van der Waals surface area (Å²) in [5.41, 5.74) is -0.369. The molecule has 0 saturated heterocycles. The molecular formula is C13H22N2O3. The van der Waals surface area contributed by atoms with E-state index in [0.717, 1.165) is 12.8 Å². The number of aromatic nitrogens is 2. The molecule has 18 heavy (non-hydrogen) atoms. The Balaban J connectivity index is 2.60. The molecule has 1 N–H and O–H groups in total. The minimum absolute atomic E-state index is 0.0933. The Morgan fingerprint density at radius 3 is 2.56 bits per heavy atom. The van der Waals surface area contributed by atoms with Crippen molar-refractivity contribution in [3.63, 3.8) is 0 Å². The summed E-state index contributed by atoms with van der Waals surface area (Å²) in [4.78, 5) is 10.7. The van der Waals surface area contributed by atoms with E-state index in [2.05, 4.69) is 24.0 Å². The zero-order valence-corrected chi connectivity index (χ0v) is 11.6. The van der Waals surface area contributed by atoms with E-state index in [4.69, 9.17) is 9.52 Å². The number of carboxylic acids is 1. The van der Waals surface area contributed by atoms with Crippen LogP contribution < -0.4 is 0 Å². The minimum Gasteiger partial charge on any atom is -0.481 e. The summed E-state index contributed by atoms with van der Waals surface area (Å²) in [6, 6.07) is 0. The second-order valence-electron chi connectivity index (χ2n) is 5.72. The molecule has 1 rings (SSSR count). The monoisotopic (exact) mass is 254 g/mol. The van der Waals surface area contributed by atoms with Gasteiger partial charge in [0.2, 0.25) is 11.8 Å². The lowest BCUT2D eigenvalue weighted by Gasteiger charge is -2.19. The maximum atomic E-state index is 10.7. The minimum atomic E-state index is -0.806. The highest BCUT2D eigenvalue weighted by Crippen LogP contribution is 2.25. The second kappa shape index (κ2) is 5.98. The van der Waals surface area contributed by atoms with Crippen molar-refractivity contribution in [2.75, 3.05) is 0 Å². The Labute approximate surface area is 108 Å². The van der Waals surface area contributed by atoms with Gasteiger partial charge in [0.15, 0.2) is 0 Å². The normalized spacial score (nSPS) is 13.6. The van der Waals surface area contributed by atoms with Gasteiger partial charge in [-0.05, 0) is 11.3 Å². The molecule has 102 valence electrons. The Morgan fingerprint density at radius 1 is 1.39 bits per heavy atom. The first kappa shape index (κ1) is 14.7. The van der Waals surface area contributed by atoms with Crippen LogP contribution in [0.15, 0.2) is 4.42 Å². The van der Waals surface area contributed by atoms with Crippen LogP contribution >= 0.6 is 0 Å². The molecule has 5 heteroatoms. The van der Waals surface area contributed by atoms with Gasteiger partial charge in [-0.2, -0.15) is 0 Å². The van der Waals surface area contributed by atoms with Crippen molar-refractivity contribution in [3.8, 4) is 0 Å². The van der Waals surface area contributed by atoms with E-state index < -0.39 is 5.97 Å². The summed E-state index contributed by atoms with van der Waals surface area (Å²) in [6.45, 7) is 8.04. The first-order valence-electron chi connectivity index (χ1n) is 6.35. The fourth-order valence-corrected chi connectivity index (χ4v) is 1.77. The van der Waals surface area contributed by atoms with Crippen LogP contribution in [0, 0.1) is 11.3 Å². The first-order chi connectivity index (χ1) is 8.32. The number of carboxylic acid groups (broad SMARTS) is 1. The number of rotatable bonds is 7. The zero-order chi connectivity index (χ0) is 13.8. The molecule has 0 aromatic carbocycles. The van der Waals surface area contributed by atoms with Gasteiger partial charge in [-0.3, -0.25) is 4.79 Å². The molecule has 0 saturated carbocycles. The van der Waals surface area contributed by atoms with Crippen molar-refractivity contribution < 1.29 is 14.3 Å². The van der Waals surface area contributed by atoms with Gasteiger partial charge in [-0.25, -0.2) is 0 Å². The van der Waals surface area contributed by atoms with E-state index in [1.165, 1.54) is 0 Å². The third-order valence-electron chi connectivity index (χ3n) is 2.99.